The molecule has 2 N–H and O–H groups in total. The standard InChI is InChI=1S/C21H27NO4S/c1-14-8-6-9-15(2)20(14)26-17-11-7-10-16(12-17)18(13-19(23)24)22-27(25)21(3,4)5/h6-12,18,22H,13H2,1-5H3,(H,23,24)/t18?,27-/m1/s1. The van der Waals surface area contributed by atoms with Gasteiger partial charge in [-0.3, -0.25) is 4.79 Å². The summed E-state index contributed by atoms with van der Waals surface area (Å²) < 4.78 is 21.0. The fraction of sp³-hybridized carbons (Fsp3) is 0.381. The molecule has 0 bridgehead atoms. The third kappa shape index (κ3) is 5.99. The fourth-order valence-corrected chi connectivity index (χ4v) is 3.41. The second-order valence-corrected chi connectivity index (χ2v) is 9.54. The minimum atomic E-state index is -1.39. The van der Waals surface area contributed by atoms with E-state index in [0.29, 0.717) is 5.75 Å². The van der Waals surface area contributed by atoms with Gasteiger partial charge in [-0.15, -0.1) is 4.72 Å². The number of hydrogen-bond acceptors (Lipinski definition) is 4. The number of carboxylic acid groups (broad SMARTS) is 1. The van der Waals surface area contributed by atoms with Gasteiger partial charge in [-0.2, -0.15) is 0 Å². The third-order valence-electron chi connectivity index (χ3n) is 4.07. The Kier molecular flexibility index (Phi) is 6.92. The van der Waals surface area contributed by atoms with Gasteiger partial charge in [0, 0.05) is 11.4 Å². The number of carbonyl (C=O) groups is 1. The molecular formula is C21H27NO4S. The molecule has 2 rings (SSSR count). The van der Waals surface area contributed by atoms with Crippen LogP contribution in [0.1, 0.15) is 49.9 Å². The molecular weight excluding hydrogens is 362 g/mol. The van der Waals surface area contributed by atoms with Crippen LogP contribution in [0.25, 0.3) is 0 Å². The van der Waals surface area contributed by atoms with Crippen LogP contribution in [0.5, 0.6) is 11.5 Å². The van der Waals surface area contributed by atoms with E-state index in [9.17, 15) is 14.5 Å². The summed E-state index contributed by atoms with van der Waals surface area (Å²) in [4.78, 5) is 11.3. The minimum absolute atomic E-state index is 0.172. The van der Waals surface area contributed by atoms with Gasteiger partial charge in [0.2, 0.25) is 0 Å². The molecule has 1 unspecified atom stereocenters. The zero-order valence-electron chi connectivity index (χ0n) is 16.4. The van der Waals surface area contributed by atoms with Crippen molar-refractivity contribution in [3.05, 3.63) is 59.2 Å². The van der Waals surface area contributed by atoms with Crippen molar-refractivity contribution in [2.45, 2.75) is 51.8 Å². The third-order valence-corrected chi connectivity index (χ3v) is 5.68. The first-order chi connectivity index (χ1) is 12.6. The minimum Gasteiger partial charge on any atom is -0.598 e. The van der Waals surface area contributed by atoms with Crippen molar-refractivity contribution >= 4 is 17.3 Å². The van der Waals surface area contributed by atoms with E-state index in [1.807, 2.05) is 71.0 Å². The summed E-state index contributed by atoms with van der Waals surface area (Å²) >= 11 is -1.39. The van der Waals surface area contributed by atoms with Crippen LogP contribution in [0.4, 0.5) is 0 Å². The molecule has 0 aromatic heterocycles. The normalized spacial score (nSPS) is 13.9. The molecule has 2 atom stereocenters. The van der Waals surface area contributed by atoms with Crippen LogP contribution in [0, 0.1) is 13.8 Å². The van der Waals surface area contributed by atoms with Gasteiger partial charge in [0.25, 0.3) is 0 Å². The molecule has 0 heterocycles. The molecule has 0 amide bonds. The summed E-state index contributed by atoms with van der Waals surface area (Å²) in [5.41, 5.74) is 2.77. The van der Waals surface area contributed by atoms with Crippen LogP contribution in [-0.2, 0) is 16.2 Å². The zero-order valence-corrected chi connectivity index (χ0v) is 17.2. The SMILES string of the molecule is Cc1cccc(C)c1Oc1cccc(C(CC(=O)O)N[S@+]([O-])C(C)(C)C)c1. The number of ether oxygens (including phenoxy) is 1. The van der Waals surface area contributed by atoms with E-state index >= 15 is 0 Å². The van der Waals surface area contributed by atoms with Crippen LogP contribution >= 0.6 is 0 Å². The van der Waals surface area contributed by atoms with Crippen LogP contribution in [0.15, 0.2) is 42.5 Å². The molecule has 0 aliphatic heterocycles. The van der Waals surface area contributed by atoms with Crippen LogP contribution in [0.3, 0.4) is 0 Å². The number of nitrogens with one attached hydrogen (secondary N) is 1. The predicted molar refractivity (Wildman–Crippen MR) is 108 cm³/mol. The van der Waals surface area contributed by atoms with Gasteiger partial charge >= 0.3 is 5.97 Å². The van der Waals surface area contributed by atoms with Gasteiger partial charge in [-0.1, -0.05) is 30.3 Å². The van der Waals surface area contributed by atoms with E-state index in [4.69, 9.17) is 4.74 Å². The summed E-state index contributed by atoms with van der Waals surface area (Å²) in [5, 5.41) is 9.27. The first-order valence-corrected chi connectivity index (χ1v) is 9.97. The van der Waals surface area contributed by atoms with Crippen molar-refractivity contribution in [1.82, 2.24) is 4.72 Å². The van der Waals surface area contributed by atoms with E-state index in [1.165, 1.54) is 0 Å². The van der Waals surface area contributed by atoms with Crippen molar-refractivity contribution < 1.29 is 19.2 Å². The predicted octanol–water partition coefficient (Wildman–Crippen LogP) is 4.66. The number of benzene rings is 2. The highest BCUT2D eigenvalue weighted by atomic mass is 32.2. The summed E-state index contributed by atoms with van der Waals surface area (Å²) in [6, 6.07) is 12.6. The van der Waals surface area contributed by atoms with E-state index in [0.717, 1.165) is 22.4 Å². The lowest BCUT2D eigenvalue weighted by Crippen LogP contribution is -2.41. The number of carboxylic acids is 1. The molecule has 5 nitrogen and oxygen atoms in total. The highest BCUT2D eigenvalue weighted by Crippen LogP contribution is 2.31. The Bertz CT molecular complexity index is 781. The second-order valence-electron chi connectivity index (χ2n) is 7.54. The molecule has 0 saturated heterocycles. The van der Waals surface area contributed by atoms with E-state index < -0.39 is 28.1 Å². The lowest BCUT2D eigenvalue weighted by atomic mass is 10.0. The Balaban J connectivity index is 2.29. The number of aliphatic carboxylic acids is 1. The smallest absolute Gasteiger partial charge is 0.305 e. The highest BCUT2D eigenvalue weighted by molar-refractivity contribution is 7.90. The van der Waals surface area contributed by atoms with Crippen LogP contribution in [-0.4, -0.2) is 20.4 Å². The Morgan fingerprint density at radius 3 is 2.33 bits per heavy atom. The number of rotatable bonds is 7. The first kappa shape index (κ1) is 21.3. The fourth-order valence-electron chi connectivity index (χ4n) is 2.58. The number of aryl methyl sites for hydroxylation is 2. The average Bonchev–Trinajstić information content (AvgIpc) is 2.56. The first-order valence-electron chi connectivity index (χ1n) is 8.82. The van der Waals surface area contributed by atoms with Gasteiger partial charge in [-0.25, -0.2) is 0 Å². The second kappa shape index (κ2) is 8.78. The molecule has 0 radical (unpaired) electrons. The van der Waals surface area contributed by atoms with Gasteiger partial charge in [0.15, 0.2) is 0 Å². The Morgan fingerprint density at radius 2 is 1.78 bits per heavy atom. The molecule has 2 aromatic rings. The molecule has 0 saturated carbocycles. The van der Waals surface area contributed by atoms with Crippen molar-refractivity contribution in [2.24, 2.45) is 0 Å². The Morgan fingerprint density at radius 1 is 1.19 bits per heavy atom. The zero-order chi connectivity index (χ0) is 20.2. The largest absolute Gasteiger partial charge is 0.598 e. The van der Waals surface area contributed by atoms with Crippen molar-refractivity contribution in [1.29, 1.82) is 0 Å². The quantitative estimate of drug-likeness (QED) is 0.673. The van der Waals surface area contributed by atoms with Crippen molar-refractivity contribution in [3.63, 3.8) is 0 Å². The number of para-hydroxylation sites is 1. The maximum absolute atomic E-state index is 12.5. The van der Waals surface area contributed by atoms with Gasteiger partial charge in [0.1, 0.15) is 16.2 Å². The molecule has 0 aliphatic rings. The topological polar surface area (TPSA) is 81.6 Å². The molecule has 0 fully saturated rings. The summed E-state index contributed by atoms with van der Waals surface area (Å²) in [7, 11) is 0. The summed E-state index contributed by atoms with van der Waals surface area (Å²) in [6.07, 6.45) is -0.172. The monoisotopic (exact) mass is 389 g/mol. The average molecular weight is 390 g/mol. The molecule has 27 heavy (non-hydrogen) atoms. The molecule has 0 aliphatic carbocycles. The Hall–Kier alpha value is -2.02. The Labute approximate surface area is 164 Å². The molecule has 146 valence electrons. The van der Waals surface area contributed by atoms with Gasteiger partial charge < -0.3 is 14.4 Å². The molecule has 6 heteroatoms. The maximum atomic E-state index is 12.5. The van der Waals surface area contributed by atoms with Gasteiger partial charge in [0.05, 0.1) is 12.5 Å². The summed E-state index contributed by atoms with van der Waals surface area (Å²) in [5.74, 6) is 0.443. The van der Waals surface area contributed by atoms with E-state index in [1.54, 1.807) is 6.07 Å². The molecule has 2 aromatic carbocycles. The van der Waals surface area contributed by atoms with Crippen LogP contribution in [0.2, 0.25) is 0 Å². The lowest BCUT2D eigenvalue weighted by Gasteiger charge is -2.27. The van der Waals surface area contributed by atoms with E-state index in [2.05, 4.69) is 4.72 Å². The van der Waals surface area contributed by atoms with Crippen LogP contribution < -0.4 is 9.46 Å². The van der Waals surface area contributed by atoms with Gasteiger partial charge in [-0.05, 0) is 63.4 Å². The summed E-state index contributed by atoms with van der Waals surface area (Å²) in [6.45, 7) is 9.48. The van der Waals surface area contributed by atoms with Crippen molar-refractivity contribution in [2.75, 3.05) is 0 Å². The molecule has 0 spiro atoms. The van der Waals surface area contributed by atoms with Crippen molar-refractivity contribution in [3.8, 4) is 11.5 Å². The van der Waals surface area contributed by atoms with E-state index in [-0.39, 0.29) is 6.42 Å². The highest BCUT2D eigenvalue weighted by Gasteiger charge is 2.31. The maximum Gasteiger partial charge on any atom is 0.305 e. The number of hydrogen-bond donors (Lipinski definition) is 2. The lowest BCUT2D eigenvalue weighted by molar-refractivity contribution is -0.137.